The van der Waals surface area contributed by atoms with Gasteiger partial charge < -0.3 is 0 Å². The molecule has 74 valence electrons. The molecule has 0 atom stereocenters. The van der Waals surface area contributed by atoms with E-state index >= 15 is 0 Å². The number of carbonyl (C=O) groups excluding carboxylic acids is 2. The molecule has 0 aliphatic rings. The summed E-state index contributed by atoms with van der Waals surface area (Å²) in [7, 11) is 0. The molecule has 0 heterocycles. The van der Waals surface area contributed by atoms with Crippen molar-refractivity contribution in [1.82, 2.24) is 0 Å². The van der Waals surface area contributed by atoms with Crippen LogP contribution in [-0.2, 0) is 9.59 Å². The molecule has 0 fully saturated rings. The van der Waals surface area contributed by atoms with Crippen molar-refractivity contribution in [1.29, 1.82) is 0 Å². The third-order valence-corrected chi connectivity index (χ3v) is 0.595. The zero-order valence-electron chi connectivity index (χ0n) is 4.91. The second-order valence-electron chi connectivity index (χ2n) is 1.19. The van der Waals surface area contributed by atoms with E-state index in [1.165, 1.54) is 0 Å². The number of hydrogen-bond acceptors (Lipinski definition) is 2. The predicted molar refractivity (Wildman–Crippen MR) is 57.9 cm³/mol. The smallest absolute Gasteiger partial charge is 0.271 e. The van der Waals surface area contributed by atoms with Crippen LogP contribution in [0.4, 0.5) is 0 Å². The quantitative estimate of drug-likeness (QED) is 0.391. The Morgan fingerprint density at radius 1 is 0.750 bits per heavy atom. The first-order valence-electron chi connectivity index (χ1n) is 1.88. The first kappa shape index (κ1) is 16.2. The molecule has 0 unspecified atom stereocenters. The van der Waals surface area contributed by atoms with Crippen LogP contribution in [0.5, 0.6) is 0 Å². The summed E-state index contributed by atoms with van der Waals surface area (Å²) in [6.45, 7) is 0. The molecule has 0 saturated carbocycles. The van der Waals surface area contributed by atoms with Crippen LogP contribution in [0.15, 0.2) is 0 Å². The molecule has 0 spiro atoms. The van der Waals surface area contributed by atoms with Gasteiger partial charge in [-0.1, -0.05) is 0 Å². The van der Waals surface area contributed by atoms with Crippen molar-refractivity contribution in [2.75, 3.05) is 0 Å². The van der Waals surface area contributed by atoms with Gasteiger partial charge >= 0.3 is 70.1 Å². The summed E-state index contributed by atoms with van der Waals surface area (Å²) in [5.74, 6) is 0. The molecular weight excluding hydrogens is 335 g/mol. The number of hydrogen-bond donors (Lipinski definition) is 0. The molecule has 0 N–H and O–H groups in total. The van der Waals surface area contributed by atoms with Crippen LogP contribution in [0.2, 0.25) is 0 Å². The average Bonchev–Trinajstić information content (AvgIpc) is 1.56. The maximum absolute atomic E-state index is 9.43. The van der Waals surface area contributed by atoms with E-state index in [1.807, 2.05) is 0 Å². The van der Waals surface area contributed by atoms with Gasteiger partial charge in [-0.3, -0.25) is 9.59 Å². The molecular formula is C2Cl7O2P. The van der Waals surface area contributed by atoms with Crippen molar-refractivity contribution in [3.63, 3.8) is 0 Å². The van der Waals surface area contributed by atoms with E-state index in [0.29, 0.717) is 0 Å². The zero-order valence-corrected chi connectivity index (χ0v) is 11.1. The Kier molecular flexibility index (Phi) is 7.61. The van der Waals surface area contributed by atoms with Crippen LogP contribution >= 0.6 is 82.8 Å². The number of carbonyl (C=O) groups is 2. The van der Waals surface area contributed by atoms with Gasteiger partial charge in [-0.15, -0.1) is 0 Å². The number of rotatable bonds is 1. The molecule has 0 amide bonds. The van der Waals surface area contributed by atoms with Gasteiger partial charge in [0.25, 0.3) is 0 Å². The SMILES string of the molecule is ClP(Cl)(Cl)(Cl)Cl.O=C(Cl)C(=O)Cl. The Labute approximate surface area is 102 Å². The van der Waals surface area contributed by atoms with Crippen molar-refractivity contribution >= 4 is 93.3 Å². The van der Waals surface area contributed by atoms with E-state index in [2.05, 4.69) is 23.2 Å². The standard InChI is InChI=1S/C2Cl2O2.Cl5P/c3-1(5)2(4)6;1-6(2,3,4)5. The van der Waals surface area contributed by atoms with Gasteiger partial charge in [-0.25, -0.2) is 0 Å². The van der Waals surface area contributed by atoms with Gasteiger partial charge in [0.15, 0.2) is 0 Å². The van der Waals surface area contributed by atoms with Crippen molar-refractivity contribution in [3.8, 4) is 0 Å². The Hall–Kier alpha value is 1.80. The largest absolute Gasteiger partial charge is 0.304 e. The normalized spacial score (nSPS) is 13.4. The van der Waals surface area contributed by atoms with Gasteiger partial charge in [0.05, 0.1) is 0 Å². The van der Waals surface area contributed by atoms with Gasteiger partial charge in [0.1, 0.15) is 0 Å². The summed E-state index contributed by atoms with van der Waals surface area (Å²) in [5.41, 5.74) is 0. The second-order valence-corrected chi connectivity index (χ2v) is 18.5. The minimum absolute atomic E-state index is 1.14. The fourth-order valence-electron chi connectivity index (χ4n) is 0. The van der Waals surface area contributed by atoms with Crippen molar-refractivity contribution in [2.45, 2.75) is 0 Å². The van der Waals surface area contributed by atoms with E-state index in [9.17, 15) is 9.59 Å². The van der Waals surface area contributed by atoms with Crippen LogP contribution in [-0.4, -0.2) is 10.5 Å². The maximum Gasteiger partial charge on any atom is 0.304 e. The molecule has 0 bridgehead atoms. The first-order valence-corrected chi connectivity index (χ1v) is 9.40. The molecule has 2 nitrogen and oxygen atoms in total. The van der Waals surface area contributed by atoms with Crippen LogP contribution in [0, 0.1) is 0 Å². The molecule has 0 aromatic carbocycles. The minimum Gasteiger partial charge on any atom is -0.271 e. The van der Waals surface area contributed by atoms with Crippen LogP contribution in [0.25, 0.3) is 0 Å². The zero-order chi connectivity index (χ0) is 10.6. The molecule has 10 heteroatoms. The molecule has 0 aliphatic heterocycles. The van der Waals surface area contributed by atoms with E-state index < -0.39 is 13.9 Å². The van der Waals surface area contributed by atoms with Crippen LogP contribution in [0.3, 0.4) is 0 Å². The van der Waals surface area contributed by atoms with E-state index in [-0.39, 0.29) is 0 Å². The minimum atomic E-state index is -3.69. The Balaban J connectivity index is 0. The van der Waals surface area contributed by atoms with E-state index in [4.69, 9.17) is 56.2 Å². The van der Waals surface area contributed by atoms with Crippen molar-refractivity contribution < 1.29 is 9.59 Å². The average molecular weight is 335 g/mol. The molecule has 0 aromatic heterocycles. The van der Waals surface area contributed by atoms with Gasteiger partial charge in [-0.2, -0.15) is 0 Å². The third kappa shape index (κ3) is 40.9. The first-order chi connectivity index (χ1) is 4.88. The van der Waals surface area contributed by atoms with Crippen molar-refractivity contribution in [2.24, 2.45) is 0 Å². The third-order valence-electron chi connectivity index (χ3n) is 0.155. The van der Waals surface area contributed by atoms with E-state index in [0.717, 1.165) is 0 Å². The molecule has 0 radical (unpaired) electrons. The van der Waals surface area contributed by atoms with Gasteiger partial charge in [0, 0.05) is 0 Å². The Bertz CT molecular complexity index is 162. The monoisotopic (exact) mass is 332 g/mol. The molecule has 0 aliphatic carbocycles. The predicted octanol–water partition coefficient (Wildman–Crippen LogP) is 4.83. The Morgan fingerprint density at radius 2 is 0.833 bits per heavy atom. The Morgan fingerprint density at radius 3 is 0.833 bits per heavy atom. The molecule has 0 saturated heterocycles. The topological polar surface area (TPSA) is 34.1 Å². The fourth-order valence-corrected chi connectivity index (χ4v) is 0. The maximum atomic E-state index is 9.43. The summed E-state index contributed by atoms with van der Waals surface area (Å²) >= 11 is 33.9. The van der Waals surface area contributed by atoms with Crippen LogP contribution < -0.4 is 0 Å². The van der Waals surface area contributed by atoms with Gasteiger partial charge in [-0.05, 0) is 23.2 Å². The van der Waals surface area contributed by atoms with Crippen LogP contribution in [0.1, 0.15) is 0 Å². The molecule has 0 aromatic rings. The summed E-state index contributed by atoms with van der Waals surface area (Å²) in [4.78, 5) is 18.9. The summed E-state index contributed by atoms with van der Waals surface area (Å²) in [6, 6.07) is 0. The number of halogens is 7. The summed E-state index contributed by atoms with van der Waals surface area (Å²) in [5, 5.41) is -2.28. The molecule has 12 heavy (non-hydrogen) atoms. The second kappa shape index (κ2) is 5.63. The summed E-state index contributed by atoms with van der Waals surface area (Å²) in [6.07, 6.45) is 0. The van der Waals surface area contributed by atoms with Gasteiger partial charge in [0.2, 0.25) is 0 Å². The fraction of sp³-hybridized carbons (Fsp3) is 0. The molecule has 0 rings (SSSR count). The van der Waals surface area contributed by atoms with Crippen molar-refractivity contribution in [3.05, 3.63) is 0 Å². The van der Waals surface area contributed by atoms with E-state index in [1.54, 1.807) is 0 Å². The summed E-state index contributed by atoms with van der Waals surface area (Å²) < 4.78 is -3.69.